The topological polar surface area (TPSA) is 62.8 Å². The summed E-state index contributed by atoms with van der Waals surface area (Å²) in [6, 6.07) is 8.47. The molecule has 2 rings (SSSR count). The fraction of sp³-hybridized carbons (Fsp3) is 0.611. The Hall–Kier alpha value is -1.34. The Morgan fingerprint density at radius 3 is 2.84 bits per heavy atom. The summed E-state index contributed by atoms with van der Waals surface area (Å²) < 4.78 is 11.3. The van der Waals surface area contributed by atoms with E-state index in [0.717, 1.165) is 43.9 Å². The maximum absolute atomic E-state index is 11.5. The molecule has 0 bridgehead atoms. The summed E-state index contributed by atoms with van der Waals surface area (Å²) in [4.78, 5) is 13.8. The number of nitrogens with zero attached hydrogens (tertiary/aromatic N) is 1. The predicted octanol–water partition coefficient (Wildman–Crippen LogP) is 1.43. The Kier molecular flexibility index (Phi) is 10.5. The lowest BCUT2D eigenvalue weighted by Gasteiger charge is -2.31. The average Bonchev–Trinajstić information content (AvgIpc) is 2.61. The molecule has 1 amide bonds. The lowest BCUT2D eigenvalue weighted by Crippen LogP contribution is -2.38. The van der Waals surface area contributed by atoms with Crippen molar-refractivity contribution < 1.29 is 14.3 Å². The van der Waals surface area contributed by atoms with Crippen molar-refractivity contribution in [2.45, 2.75) is 25.4 Å². The first-order chi connectivity index (χ1) is 11.7. The van der Waals surface area contributed by atoms with E-state index < -0.39 is 0 Å². The first-order valence-electron chi connectivity index (χ1n) is 8.60. The summed E-state index contributed by atoms with van der Waals surface area (Å²) >= 11 is 0. The van der Waals surface area contributed by atoms with Gasteiger partial charge in [-0.3, -0.25) is 9.69 Å². The van der Waals surface area contributed by atoms with E-state index in [-0.39, 0.29) is 18.3 Å². The molecule has 1 fully saturated rings. The van der Waals surface area contributed by atoms with Crippen LogP contribution in [0, 0.1) is 0 Å². The molecule has 1 aliphatic rings. The molecule has 0 spiro atoms. The number of benzene rings is 1. The lowest BCUT2D eigenvalue weighted by molar-refractivity contribution is -0.120. The smallest absolute Gasteiger partial charge is 0.234 e. The Balaban J connectivity index is 0.00000312. The minimum Gasteiger partial charge on any atom is -0.492 e. The van der Waals surface area contributed by atoms with Crippen LogP contribution in [0.1, 0.15) is 18.4 Å². The second-order valence-electron chi connectivity index (χ2n) is 6.13. The molecule has 0 saturated carbocycles. The van der Waals surface area contributed by atoms with Crippen molar-refractivity contribution >= 4 is 18.3 Å². The fourth-order valence-electron chi connectivity index (χ4n) is 2.78. The van der Waals surface area contributed by atoms with Crippen LogP contribution in [0.2, 0.25) is 0 Å². The van der Waals surface area contributed by atoms with Crippen molar-refractivity contribution in [3.8, 4) is 5.75 Å². The standard InChI is InChI=1S/C18H29N3O3.ClH/c1-19-14-18(22)20-13-15-4-3-5-17(12-15)24-11-8-21(2)16-6-9-23-10-7-16;/h3-5,12,16,19H,6-11,13-14H2,1-2H3,(H,20,22);1H. The monoisotopic (exact) mass is 371 g/mol. The van der Waals surface area contributed by atoms with Gasteiger partial charge >= 0.3 is 0 Å². The zero-order valence-corrected chi connectivity index (χ0v) is 15.9. The summed E-state index contributed by atoms with van der Waals surface area (Å²) in [6.45, 7) is 4.11. The number of amides is 1. The van der Waals surface area contributed by atoms with Crippen LogP contribution in [0.25, 0.3) is 0 Å². The van der Waals surface area contributed by atoms with E-state index in [1.54, 1.807) is 7.05 Å². The maximum Gasteiger partial charge on any atom is 0.234 e. The fourth-order valence-corrected chi connectivity index (χ4v) is 2.78. The number of carbonyl (C=O) groups excluding carboxylic acids is 1. The van der Waals surface area contributed by atoms with Crippen molar-refractivity contribution in [2.75, 3.05) is 47.0 Å². The summed E-state index contributed by atoms with van der Waals surface area (Å²) in [5.41, 5.74) is 1.04. The summed E-state index contributed by atoms with van der Waals surface area (Å²) in [6.07, 6.45) is 2.19. The minimum atomic E-state index is -0.0121. The van der Waals surface area contributed by atoms with Crippen LogP contribution in [-0.2, 0) is 16.1 Å². The van der Waals surface area contributed by atoms with E-state index in [2.05, 4.69) is 22.6 Å². The van der Waals surface area contributed by atoms with Gasteiger partial charge in [-0.15, -0.1) is 12.4 Å². The number of nitrogens with one attached hydrogen (secondary N) is 2. The molecule has 1 aliphatic heterocycles. The number of likely N-dealkylation sites (N-methyl/N-ethyl adjacent to an activating group) is 2. The average molecular weight is 372 g/mol. The molecule has 0 atom stereocenters. The van der Waals surface area contributed by atoms with Gasteiger partial charge in [-0.25, -0.2) is 0 Å². The largest absolute Gasteiger partial charge is 0.492 e. The number of carbonyl (C=O) groups is 1. The minimum absolute atomic E-state index is 0. The number of hydrogen-bond acceptors (Lipinski definition) is 5. The van der Waals surface area contributed by atoms with Crippen LogP contribution >= 0.6 is 12.4 Å². The molecule has 1 heterocycles. The van der Waals surface area contributed by atoms with E-state index in [0.29, 0.717) is 25.7 Å². The molecule has 0 unspecified atom stereocenters. The van der Waals surface area contributed by atoms with Gasteiger partial charge in [0.25, 0.3) is 0 Å². The van der Waals surface area contributed by atoms with Crippen molar-refractivity contribution in [1.82, 2.24) is 15.5 Å². The van der Waals surface area contributed by atoms with Crippen molar-refractivity contribution in [3.63, 3.8) is 0 Å². The van der Waals surface area contributed by atoms with Gasteiger partial charge in [-0.2, -0.15) is 0 Å². The van der Waals surface area contributed by atoms with Gasteiger partial charge in [-0.1, -0.05) is 12.1 Å². The highest BCUT2D eigenvalue weighted by Crippen LogP contribution is 2.15. The van der Waals surface area contributed by atoms with Crippen molar-refractivity contribution in [3.05, 3.63) is 29.8 Å². The molecule has 6 nitrogen and oxygen atoms in total. The van der Waals surface area contributed by atoms with Gasteiger partial charge in [0, 0.05) is 32.3 Å². The zero-order chi connectivity index (χ0) is 17.2. The number of halogens is 1. The second kappa shape index (κ2) is 12.1. The van der Waals surface area contributed by atoms with Crippen LogP contribution in [0.3, 0.4) is 0 Å². The van der Waals surface area contributed by atoms with Gasteiger partial charge in [0.15, 0.2) is 0 Å². The Morgan fingerprint density at radius 1 is 1.36 bits per heavy atom. The maximum atomic E-state index is 11.5. The van der Waals surface area contributed by atoms with E-state index >= 15 is 0 Å². The van der Waals surface area contributed by atoms with Crippen LogP contribution in [0.15, 0.2) is 24.3 Å². The van der Waals surface area contributed by atoms with E-state index in [9.17, 15) is 4.79 Å². The molecular weight excluding hydrogens is 342 g/mol. The number of hydrogen-bond donors (Lipinski definition) is 2. The summed E-state index contributed by atoms with van der Waals surface area (Å²) in [5, 5.41) is 5.70. The van der Waals surface area contributed by atoms with Crippen LogP contribution in [0.4, 0.5) is 0 Å². The highest BCUT2D eigenvalue weighted by atomic mass is 35.5. The summed E-state index contributed by atoms with van der Waals surface area (Å²) in [5.74, 6) is 0.831. The Morgan fingerprint density at radius 2 is 2.12 bits per heavy atom. The molecular formula is C18H30ClN3O3. The van der Waals surface area contributed by atoms with Crippen LogP contribution in [0.5, 0.6) is 5.75 Å². The molecule has 1 aromatic rings. The normalized spacial score (nSPS) is 14.8. The Labute approximate surface area is 156 Å². The quantitative estimate of drug-likeness (QED) is 0.687. The second-order valence-corrected chi connectivity index (χ2v) is 6.13. The van der Waals surface area contributed by atoms with Gasteiger partial charge in [0.1, 0.15) is 12.4 Å². The molecule has 1 aromatic carbocycles. The third kappa shape index (κ3) is 8.05. The van der Waals surface area contributed by atoms with Gasteiger partial charge in [0.05, 0.1) is 6.54 Å². The van der Waals surface area contributed by atoms with Gasteiger partial charge in [-0.05, 0) is 44.6 Å². The first kappa shape index (κ1) is 21.7. The van der Waals surface area contributed by atoms with Crippen LogP contribution in [-0.4, -0.2) is 63.9 Å². The molecule has 25 heavy (non-hydrogen) atoms. The highest BCUT2D eigenvalue weighted by Gasteiger charge is 2.17. The number of ether oxygens (including phenoxy) is 2. The molecule has 2 N–H and O–H groups in total. The van der Waals surface area contributed by atoms with Crippen molar-refractivity contribution in [2.24, 2.45) is 0 Å². The summed E-state index contributed by atoms with van der Waals surface area (Å²) in [7, 11) is 3.90. The molecule has 0 radical (unpaired) electrons. The highest BCUT2D eigenvalue weighted by molar-refractivity contribution is 5.85. The molecule has 7 heteroatoms. The zero-order valence-electron chi connectivity index (χ0n) is 15.1. The van der Waals surface area contributed by atoms with E-state index in [4.69, 9.17) is 9.47 Å². The predicted molar refractivity (Wildman–Crippen MR) is 101 cm³/mol. The van der Waals surface area contributed by atoms with Crippen molar-refractivity contribution in [1.29, 1.82) is 0 Å². The molecule has 0 aromatic heterocycles. The van der Waals surface area contributed by atoms with Crippen LogP contribution < -0.4 is 15.4 Å². The SMILES string of the molecule is CNCC(=O)NCc1cccc(OCCN(C)C2CCOCC2)c1.Cl. The number of rotatable bonds is 9. The van der Waals surface area contributed by atoms with E-state index in [1.165, 1.54) is 0 Å². The van der Waals surface area contributed by atoms with Gasteiger partial charge < -0.3 is 20.1 Å². The van der Waals surface area contributed by atoms with E-state index in [1.807, 2.05) is 24.3 Å². The lowest BCUT2D eigenvalue weighted by atomic mass is 10.1. The molecule has 1 saturated heterocycles. The molecule has 142 valence electrons. The van der Waals surface area contributed by atoms with Gasteiger partial charge in [0.2, 0.25) is 5.91 Å². The third-order valence-corrected chi connectivity index (χ3v) is 4.25. The third-order valence-electron chi connectivity index (χ3n) is 4.25. The Bertz CT molecular complexity index is 510. The molecule has 0 aliphatic carbocycles. The first-order valence-corrected chi connectivity index (χ1v) is 8.60.